The number of hydrogen-bond acceptors (Lipinski definition) is 11. The highest BCUT2D eigenvalue weighted by atomic mass is 31.2. The zero-order valence-corrected chi connectivity index (χ0v) is 36.2. The molecule has 1 heterocycles. The fraction of sp³-hybridized carbons (Fsp3) is 0.780. The number of aromatic nitrogens is 2. The predicted octanol–water partition coefficient (Wildman–Crippen LogP) is 9.39. The van der Waals surface area contributed by atoms with Crippen LogP contribution in [0.15, 0.2) is 28.9 Å². The summed E-state index contributed by atoms with van der Waals surface area (Å²) in [5, 5.41) is 35.7. The number of aliphatic hydroxyl groups excluding tert-OH is 1. The van der Waals surface area contributed by atoms with Gasteiger partial charge in [0.25, 0.3) is 0 Å². The van der Waals surface area contributed by atoms with Crippen molar-refractivity contribution in [1.82, 2.24) is 15.6 Å². The molecule has 0 aliphatic heterocycles. The van der Waals surface area contributed by atoms with Gasteiger partial charge in [-0.05, 0) is 42.1 Å². The first-order valence-electron chi connectivity index (χ1n) is 21.5. The Bertz CT molecular complexity index is 1470. The molecule has 0 aliphatic rings. The maximum atomic E-state index is 12.9. The molecule has 3 atom stereocenters. The number of carbonyl (C=O) groups excluding carboxylic acids is 1. The molecule has 0 spiro atoms. The number of phosphoric acid groups is 1. The number of hydrogen-bond donors (Lipinski definition) is 4. The number of nitro benzene ring substituents is 1. The number of unbranched alkanes of at least 4 members (excludes halogenated alkanes) is 19. The highest BCUT2D eigenvalue weighted by Gasteiger charge is 2.28. The number of fused-ring (bicyclic) bond motifs is 1. The monoisotopic (exact) mass is 826 g/mol. The van der Waals surface area contributed by atoms with Gasteiger partial charge in [0.05, 0.1) is 50.5 Å². The van der Waals surface area contributed by atoms with Crippen LogP contribution in [0.5, 0.6) is 0 Å². The second-order valence-corrected chi connectivity index (χ2v) is 17.7. The fourth-order valence-electron chi connectivity index (χ4n) is 6.46. The van der Waals surface area contributed by atoms with E-state index in [0.29, 0.717) is 41.6 Å². The third-order valence-electron chi connectivity index (χ3n) is 9.99. The van der Waals surface area contributed by atoms with Crippen molar-refractivity contribution in [2.24, 2.45) is 0 Å². The lowest BCUT2D eigenvalue weighted by Crippen LogP contribution is -2.45. The largest absolute Gasteiger partial charge is 0.472 e. The molecule has 16 heteroatoms. The molecule has 57 heavy (non-hydrogen) atoms. The Morgan fingerprint density at radius 1 is 0.877 bits per heavy atom. The number of nitrogens with zero attached hydrogens (tertiary/aromatic N) is 4. The van der Waals surface area contributed by atoms with Crippen LogP contribution in [0.1, 0.15) is 148 Å². The van der Waals surface area contributed by atoms with Gasteiger partial charge in [-0.15, -0.1) is 0 Å². The van der Waals surface area contributed by atoms with Gasteiger partial charge in [0.2, 0.25) is 11.4 Å². The normalized spacial score (nSPS) is 14.2. The maximum absolute atomic E-state index is 12.9. The molecule has 1 aromatic carbocycles. The van der Waals surface area contributed by atoms with E-state index in [4.69, 9.17) is 13.7 Å². The number of phosphoric ester groups is 1. The second-order valence-electron chi connectivity index (χ2n) is 16.2. The molecule has 15 nitrogen and oxygen atoms in total. The van der Waals surface area contributed by atoms with Gasteiger partial charge >= 0.3 is 13.5 Å². The third-order valence-corrected chi connectivity index (χ3v) is 11.0. The summed E-state index contributed by atoms with van der Waals surface area (Å²) in [5.74, 6) is -0.233. The smallest absolute Gasteiger partial charge is 0.387 e. The molecule has 0 saturated heterocycles. The summed E-state index contributed by atoms with van der Waals surface area (Å²) in [6.45, 7) is 3.14. The van der Waals surface area contributed by atoms with E-state index in [-0.39, 0.29) is 30.3 Å². The van der Waals surface area contributed by atoms with Crippen molar-refractivity contribution >= 4 is 36.1 Å². The number of rotatable bonds is 36. The molecule has 0 aliphatic carbocycles. The number of quaternary nitrogens is 1. The molecule has 0 saturated carbocycles. The first-order chi connectivity index (χ1) is 27.3. The fourth-order valence-corrected chi connectivity index (χ4v) is 7.19. The first kappa shape index (κ1) is 50.2. The van der Waals surface area contributed by atoms with E-state index in [0.717, 1.165) is 70.6 Å². The molecule has 1 aromatic heterocycles. The van der Waals surface area contributed by atoms with Crippen molar-refractivity contribution in [3.63, 3.8) is 0 Å². The summed E-state index contributed by atoms with van der Waals surface area (Å²) in [6.07, 6.45) is 26.6. The van der Waals surface area contributed by atoms with Crippen LogP contribution in [0.2, 0.25) is 0 Å². The van der Waals surface area contributed by atoms with E-state index in [1.54, 1.807) is 12.1 Å². The van der Waals surface area contributed by atoms with E-state index in [1.807, 2.05) is 27.2 Å². The zero-order chi connectivity index (χ0) is 41.8. The average Bonchev–Trinajstić information content (AvgIpc) is 3.65. The van der Waals surface area contributed by atoms with Gasteiger partial charge in [-0.2, -0.15) is 0 Å². The van der Waals surface area contributed by atoms with Gasteiger partial charge in [0.1, 0.15) is 13.2 Å². The Morgan fingerprint density at radius 3 is 2.04 bits per heavy atom. The van der Waals surface area contributed by atoms with Crippen LogP contribution in [0.4, 0.5) is 11.4 Å². The molecule has 0 radical (unpaired) electrons. The minimum atomic E-state index is -4.37. The van der Waals surface area contributed by atoms with Crippen molar-refractivity contribution in [3.05, 3.63) is 34.4 Å². The highest BCUT2D eigenvalue weighted by Crippen LogP contribution is 2.43. The van der Waals surface area contributed by atoms with Crippen LogP contribution in [0.25, 0.3) is 11.0 Å². The Balaban J connectivity index is 1.64. The lowest BCUT2D eigenvalue weighted by atomic mass is 10.0. The summed E-state index contributed by atoms with van der Waals surface area (Å²) in [6, 6.07) is 2.14. The second kappa shape index (κ2) is 29.3. The number of non-ortho nitro benzene ring substituents is 1. The van der Waals surface area contributed by atoms with Gasteiger partial charge in [0.15, 0.2) is 5.52 Å². The third kappa shape index (κ3) is 23.9. The van der Waals surface area contributed by atoms with E-state index < -0.39 is 24.9 Å². The summed E-state index contributed by atoms with van der Waals surface area (Å²) in [7, 11) is 1.47. The molecule has 1 amide bonds. The summed E-state index contributed by atoms with van der Waals surface area (Å²) < 4.78 is 28.2. The average molecular weight is 826 g/mol. The minimum absolute atomic E-state index is 0.0334. The van der Waals surface area contributed by atoms with E-state index in [9.17, 15) is 29.5 Å². The molecule has 0 bridgehead atoms. The summed E-state index contributed by atoms with van der Waals surface area (Å²) in [4.78, 5) is 33.8. The molecule has 2 rings (SSSR count). The number of nitro groups is 1. The number of benzene rings is 1. The Labute approximate surface area is 341 Å². The van der Waals surface area contributed by atoms with Crippen LogP contribution >= 0.6 is 7.82 Å². The Hall–Kier alpha value is -2.94. The summed E-state index contributed by atoms with van der Waals surface area (Å²) >= 11 is 0. The number of aliphatic hydroxyl groups is 1. The van der Waals surface area contributed by atoms with E-state index in [2.05, 4.69) is 27.9 Å². The molecule has 0 fully saturated rings. The van der Waals surface area contributed by atoms with Crippen LogP contribution in [-0.4, -0.2) is 95.2 Å². The molecular weight excluding hydrogens is 751 g/mol. The quantitative estimate of drug-likeness (QED) is 0.0127. The van der Waals surface area contributed by atoms with Crippen molar-refractivity contribution in [2.75, 3.05) is 52.8 Å². The number of carbonyl (C=O) groups is 1. The Morgan fingerprint density at radius 2 is 1.44 bits per heavy atom. The number of nitrogens with one attached hydrogen (secondary N) is 2. The SMILES string of the molecule is CCCCCCCCCCCCC/C=C/[C@@H](O)[C@H](COP(=O)(O)OCC[N+](C)(C)C)NC(=O)CCCCCCCCCCCNc1ccc([N+](=O)[O-])c2nonc12. The molecule has 2 aromatic rings. The van der Waals surface area contributed by atoms with Crippen LogP contribution in [0.3, 0.4) is 0 Å². The number of allylic oxidation sites excluding steroid dienone is 1. The predicted molar refractivity (Wildman–Crippen MR) is 226 cm³/mol. The minimum Gasteiger partial charge on any atom is -0.387 e. The van der Waals surface area contributed by atoms with Crippen molar-refractivity contribution in [1.29, 1.82) is 0 Å². The molecular formula is C41H74N6O9P+. The maximum Gasteiger partial charge on any atom is 0.472 e. The summed E-state index contributed by atoms with van der Waals surface area (Å²) in [5.41, 5.74) is 1.03. The van der Waals surface area contributed by atoms with Crippen molar-refractivity contribution in [3.8, 4) is 0 Å². The van der Waals surface area contributed by atoms with Crippen molar-refractivity contribution < 1.29 is 42.4 Å². The zero-order valence-electron chi connectivity index (χ0n) is 35.3. The van der Waals surface area contributed by atoms with Crippen LogP contribution in [-0.2, 0) is 18.4 Å². The topological polar surface area (TPSA) is 199 Å². The molecule has 326 valence electrons. The van der Waals surface area contributed by atoms with Crippen molar-refractivity contribution in [2.45, 2.75) is 160 Å². The lowest BCUT2D eigenvalue weighted by molar-refractivity contribution is -0.870. The Kier molecular flexibility index (Phi) is 25.8. The van der Waals surface area contributed by atoms with Gasteiger partial charge in [-0.25, -0.2) is 9.19 Å². The van der Waals surface area contributed by atoms with Gasteiger partial charge in [-0.3, -0.25) is 24.0 Å². The molecule has 1 unspecified atom stereocenters. The standard InChI is InChI=1S/C41H73N6O9P/c1-5-6-7-8-9-10-11-12-13-15-18-21-24-27-38(48)36(34-55-57(52,53)54-33-32-47(2,3)4)43-39(49)28-25-22-19-16-14-17-20-23-26-31-42-35-29-30-37(46(50)51)41-40(35)44-56-45-41/h24,27,29-30,36,38,48H,5-23,25-26,28,31-34H2,1-4H3,(H2-,42,43,45,49,52,53)/p+1/b27-24+/t36-,38+/m0/s1. The van der Waals surface area contributed by atoms with Crippen LogP contribution in [0, 0.1) is 10.1 Å². The van der Waals surface area contributed by atoms with E-state index >= 15 is 0 Å². The van der Waals surface area contributed by atoms with Gasteiger partial charge in [0, 0.05) is 19.0 Å². The van der Waals surface area contributed by atoms with Crippen LogP contribution < -0.4 is 10.6 Å². The van der Waals surface area contributed by atoms with Gasteiger partial charge < -0.3 is 25.1 Å². The lowest BCUT2D eigenvalue weighted by Gasteiger charge is -2.25. The highest BCUT2D eigenvalue weighted by molar-refractivity contribution is 7.47. The van der Waals surface area contributed by atoms with E-state index in [1.165, 1.54) is 63.9 Å². The number of likely N-dealkylation sites (N-methyl/N-ethyl adjacent to an activating group) is 1. The van der Waals surface area contributed by atoms with Gasteiger partial charge in [-0.1, -0.05) is 128 Å². The molecule has 4 N–H and O–H groups in total. The number of anilines is 1. The first-order valence-corrected chi connectivity index (χ1v) is 23.0. The number of amides is 1.